The number of aliphatic hydroxyl groups is 1. The zero-order valence-electron chi connectivity index (χ0n) is 15.0. The molecule has 6 heteroatoms. The zero-order valence-corrected chi connectivity index (χ0v) is 15.0. The first-order valence-corrected chi connectivity index (χ1v) is 9.18. The van der Waals surface area contributed by atoms with Gasteiger partial charge in [0.2, 0.25) is 5.91 Å². The fourth-order valence-electron chi connectivity index (χ4n) is 3.74. The molecule has 1 saturated carbocycles. The molecular formula is C20H24N2O4. The third-order valence-electron chi connectivity index (χ3n) is 5.02. The van der Waals surface area contributed by atoms with Gasteiger partial charge < -0.3 is 10.4 Å². The predicted octanol–water partition coefficient (Wildman–Crippen LogP) is 3.40. The highest BCUT2D eigenvalue weighted by molar-refractivity contribution is 6.35. The van der Waals surface area contributed by atoms with Gasteiger partial charge >= 0.3 is 0 Å². The van der Waals surface area contributed by atoms with Crippen LogP contribution in [-0.4, -0.2) is 33.8 Å². The minimum Gasteiger partial charge on any atom is -0.502 e. The van der Waals surface area contributed by atoms with Crippen LogP contribution in [0, 0.1) is 0 Å². The summed E-state index contributed by atoms with van der Waals surface area (Å²) >= 11 is 0. The summed E-state index contributed by atoms with van der Waals surface area (Å²) in [5.74, 6) is -1.70. The molecule has 0 atom stereocenters. The van der Waals surface area contributed by atoms with Crippen LogP contribution in [0.3, 0.4) is 0 Å². The van der Waals surface area contributed by atoms with Gasteiger partial charge in [-0.3, -0.25) is 19.3 Å². The number of carbonyl (C=O) groups is 3. The molecule has 1 aliphatic heterocycles. The molecule has 0 aromatic heterocycles. The average Bonchev–Trinajstić information content (AvgIpc) is 2.78. The van der Waals surface area contributed by atoms with Crippen molar-refractivity contribution in [2.45, 2.75) is 57.9 Å². The summed E-state index contributed by atoms with van der Waals surface area (Å²) in [7, 11) is 0. The molecule has 26 heavy (non-hydrogen) atoms. The molecule has 6 nitrogen and oxygen atoms in total. The smallest absolute Gasteiger partial charge is 0.296 e. The molecule has 0 bridgehead atoms. The Balaban J connectivity index is 1.82. The molecule has 3 rings (SSSR count). The quantitative estimate of drug-likeness (QED) is 0.813. The summed E-state index contributed by atoms with van der Waals surface area (Å²) in [5, 5.41) is 13.0. The van der Waals surface area contributed by atoms with Crippen LogP contribution in [0.4, 0.5) is 5.69 Å². The number of carbonyl (C=O) groups excluding carboxylic acids is 3. The Labute approximate surface area is 152 Å². The van der Waals surface area contributed by atoms with Crippen LogP contribution >= 0.6 is 0 Å². The van der Waals surface area contributed by atoms with Crippen LogP contribution in [0.15, 0.2) is 30.0 Å². The van der Waals surface area contributed by atoms with E-state index in [1.54, 1.807) is 24.3 Å². The monoisotopic (exact) mass is 356 g/mol. The number of nitrogens with zero attached hydrogens (tertiary/aromatic N) is 1. The van der Waals surface area contributed by atoms with E-state index < -0.39 is 17.6 Å². The Morgan fingerprint density at radius 3 is 2.15 bits per heavy atom. The van der Waals surface area contributed by atoms with Crippen molar-refractivity contribution in [2.24, 2.45) is 0 Å². The highest BCUT2D eigenvalue weighted by Crippen LogP contribution is 2.33. The summed E-state index contributed by atoms with van der Waals surface area (Å²) in [6.07, 6.45) is 6.99. The van der Waals surface area contributed by atoms with Gasteiger partial charge in [-0.1, -0.05) is 44.2 Å². The van der Waals surface area contributed by atoms with Gasteiger partial charge in [-0.15, -0.1) is 0 Å². The second-order valence-electron chi connectivity index (χ2n) is 6.96. The summed E-state index contributed by atoms with van der Waals surface area (Å²) in [4.78, 5) is 37.8. The number of rotatable bonds is 3. The molecule has 138 valence electrons. The number of hydrogen-bond acceptors (Lipinski definition) is 4. The van der Waals surface area contributed by atoms with Crippen molar-refractivity contribution >= 4 is 29.0 Å². The van der Waals surface area contributed by atoms with E-state index >= 15 is 0 Å². The van der Waals surface area contributed by atoms with Crippen LogP contribution in [0.5, 0.6) is 0 Å². The van der Waals surface area contributed by atoms with Gasteiger partial charge in [0.1, 0.15) is 0 Å². The predicted molar refractivity (Wildman–Crippen MR) is 98.3 cm³/mol. The molecule has 1 heterocycles. The molecule has 0 unspecified atom stereocenters. The average molecular weight is 356 g/mol. The molecule has 0 spiro atoms. The fraction of sp³-hybridized carbons (Fsp3) is 0.450. The van der Waals surface area contributed by atoms with E-state index in [9.17, 15) is 19.5 Å². The van der Waals surface area contributed by atoms with Crippen LogP contribution in [0.2, 0.25) is 0 Å². The van der Waals surface area contributed by atoms with E-state index in [2.05, 4.69) is 5.32 Å². The second-order valence-corrected chi connectivity index (χ2v) is 6.96. The van der Waals surface area contributed by atoms with Gasteiger partial charge in [0.15, 0.2) is 5.76 Å². The highest BCUT2D eigenvalue weighted by Gasteiger charge is 2.42. The van der Waals surface area contributed by atoms with Gasteiger partial charge in [-0.2, -0.15) is 0 Å². The number of anilines is 1. The molecule has 1 aromatic rings. The number of nitrogens with one attached hydrogen (secondary N) is 1. The Kier molecular flexibility index (Phi) is 5.40. The van der Waals surface area contributed by atoms with Crippen LogP contribution < -0.4 is 5.32 Å². The fourth-order valence-corrected chi connectivity index (χ4v) is 3.74. The van der Waals surface area contributed by atoms with Crippen LogP contribution in [0.25, 0.3) is 5.57 Å². The van der Waals surface area contributed by atoms with Crippen molar-refractivity contribution in [3.63, 3.8) is 0 Å². The van der Waals surface area contributed by atoms with Crippen molar-refractivity contribution in [1.29, 1.82) is 0 Å². The molecule has 1 aromatic carbocycles. The molecule has 1 aliphatic carbocycles. The minimum absolute atomic E-state index is 0.0476. The van der Waals surface area contributed by atoms with Gasteiger partial charge in [0.25, 0.3) is 11.8 Å². The van der Waals surface area contributed by atoms with Gasteiger partial charge in [-0.05, 0) is 30.5 Å². The lowest BCUT2D eigenvalue weighted by molar-refractivity contribution is -0.141. The first kappa shape index (κ1) is 18.2. The van der Waals surface area contributed by atoms with Crippen molar-refractivity contribution in [2.75, 3.05) is 5.32 Å². The van der Waals surface area contributed by atoms with E-state index in [1.807, 2.05) is 0 Å². The lowest BCUT2D eigenvalue weighted by Gasteiger charge is -2.28. The molecule has 2 N–H and O–H groups in total. The number of benzene rings is 1. The lowest BCUT2D eigenvalue weighted by atomic mass is 9.95. The Morgan fingerprint density at radius 2 is 1.58 bits per heavy atom. The Bertz CT molecular complexity index is 744. The second kappa shape index (κ2) is 7.72. The largest absolute Gasteiger partial charge is 0.502 e. The molecule has 1 fully saturated rings. The maximum Gasteiger partial charge on any atom is 0.296 e. The number of amides is 3. The Morgan fingerprint density at radius 1 is 1.00 bits per heavy atom. The van der Waals surface area contributed by atoms with E-state index in [0.29, 0.717) is 11.3 Å². The zero-order chi connectivity index (χ0) is 18.7. The van der Waals surface area contributed by atoms with Gasteiger partial charge in [0.05, 0.1) is 5.57 Å². The number of imide groups is 1. The van der Waals surface area contributed by atoms with E-state index in [-0.39, 0.29) is 17.5 Å². The lowest BCUT2D eigenvalue weighted by Crippen LogP contribution is -2.41. The summed E-state index contributed by atoms with van der Waals surface area (Å²) in [6, 6.07) is 6.40. The standard InChI is InChI=1S/C20H24N2O4/c1-13(23)21-15-11-9-14(10-12-15)17-18(24)20(26)22(19(17)25)16-7-5-3-2-4-6-8-16/h9-12,16,24H,2-8H2,1H3,(H,21,23). The third kappa shape index (κ3) is 3.64. The topological polar surface area (TPSA) is 86.7 Å². The van der Waals surface area contributed by atoms with Crippen molar-refractivity contribution in [3.8, 4) is 0 Å². The molecule has 0 radical (unpaired) electrons. The van der Waals surface area contributed by atoms with Crippen LogP contribution in [-0.2, 0) is 14.4 Å². The van der Waals surface area contributed by atoms with Crippen molar-refractivity contribution in [3.05, 3.63) is 35.6 Å². The van der Waals surface area contributed by atoms with E-state index in [0.717, 1.165) is 38.5 Å². The van der Waals surface area contributed by atoms with Crippen molar-refractivity contribution < 1.29 is 19.5 Å². The summed E-state index contributed by atoms with van der Waals surface area (Å²) < 4.78 is 0. The number of aliphatic hydroxyl groups excluding tert-OH is 1. The van der Waals surface area contributed by atoms with Crippen LogP contribution in [0.1, 0.15) is 57.4 Å². The normalized spacial score (nSPS) is 19.5. The maximum atomic E-state index is 12.9. The molecule has 2 aliphatic rings. The first-order valence-electron chi connectivity index (χ1n) is 9.18. The minimum atomic E-state index is -0.596. The Hall–Kier alpha value is -2.63. The van der Waals surface area contributed by atoms with E-state index in [1.165, 1.54) is 18.2 Å². The number of hydrogen-bond donors (Lipinski definition) is 2. The molecule has 3 amide bonds. The van der Waals surface area contributed by atoms with E-state index in [4.69, 9.17) is 0 Å². The SMILES string of the molecule is CC(=O)Nc1ccc(C2=C(O)C(=O)N(C3CCCCCCC3)C2=O)cc1. The molecular weight excluding hydrogens is 332 g/mol. The maximum absolute atomic E-state index is 12.9. The third-order valence-corrected chi connectivity index (χ3v) is 5.02. The first-order chi connectivity index (χ1) is 12.5. The van der Waals surface area contributed by atoms with Gasteiger partial charge in [-0.25, -0.2) is 0 Å². The summed E-state index contributed by atoms with van der Waals surface area (Å²) in [6.45, 7) is 1.41. The van der Waals surface area contributed by atoms with Crippen molar-refractivity contribution in [1.82, 2.24) is 4.90 Å². The highest BCUT2D eigenvalue weighted by atomic mass is 16.3. The molecule has 0 saturated heterocycles. The van der Waals surface area contributed by atoms with Gasteiger partial charge in [0, 0.05) is 18.7 Å². The summed E-state index contributed by atoms with van der Waals surface area (Å²) in [5.41, 5.74) is 1.12.